The molecular formula is C26H31ClFN3O5. The van der Waals surface area contributed by atoms with Crippen molar-refractivity contribution < 1.29 is 28.6 Å². The molecule has 2 aromatic carbocycles. The summed E-state index contributed by atoms with van der Waals surface area (Å²) in [4.78, 5) is 21.1. The summed E-state index contributed by atoms with van der Waals surface area (Å²) in [5.74, 6) is 0.915. The number of halogens is 2. The highest BCUT2D eigenvalue weighted by Crippen LogP contribution is 2.42. The third-order valence-electron chi connectivity index (χ3n) is 6.71. The van der Waals surface area contributed by atoms with E-state index < -0.39 is 5.97 Å². The van der Waals surface area contributed by atoms with E-state index in [1.54, 1.807) is 12.1 Å². The number of hydrogen-bond acceptors (Lipinski definition) is 7. The summed E-state index contributed by atoms with van der Waals surface area (Å²) in [7, 11) is 0. The van der Waals surface area contributed by atoms with Gasteiger partial charge >= 0.3 is 5.97 Å². The van der Waals surface area contributed by atoms with Crippen LogP contribution in [-0.4, -0.2) is 71.7 Å². The summed E-state index contributed by atoms with van der Waals surface area (Å²) in [5.41, 5.74) is 2.39. The van der Waals surface area contributed by atoms with Crippen molar-refractivity contribution in [3.63, 3.8) is 0 Å². The van der Waals surface area contributed by atoms with Crippen molar-refractivity contribution >= 4 is 24.2 Å². The van der Waals surface area contributed by atoms with Crippen molar-refractivity contribution in [3.05, 3.63) is 47.8 Å². The van der Waals surface area contributed by atoms with Crippen molar-refractivity contribution in [2.24, 2.45) is 11.1 Å². The first kappa shape index (κ1) is 26.0. The average molecular weight is 520 g/mol. The maximum absolute atomic E-state index is 13.5. The van der Waals surface area contributed by atoms with Gasteiger partial charge in [0, 0.05) is 32.7 Å². The lowest BCUT2D eigenvalue weighted by atomic mass is 9.88. The Hall–Kier alpha value is -3.04. The minimum atomic E-state index is -0.756. The summed E-state index contributed by atoms with van der Waals surface area (Å²) in [6.45, 7) is 8.06. The van der Waals surface area contributed by atoms with E-state index in [9.17, 15) is 9.18 Å². The van der Waals surface area contributed by atoms with E-state index in [-0.39, 0.29) is 29.7 Å². The van der Waals surface area contributed by atoms with Gasteiger partial charge < -0.3 is 24.3 Å². The number of carboxylic acids is 1. The van der Waals surface area contributed by atoms with Crippen LogP contribution in [0.1, 0.15) is 25.8 Å². The zero-order valence-electron chi connectivity index (χ0n) is 20.4. The monoisotopic (exact) mass is 519 g/mol. The van der Waals surface area contributed by atoms with E-state index in [0.717, 1.165) is 35.6 Å². The van der Waals surface area contributed by atoms with Gasteiger partial charge in [-0.3, -0.25) is 9.69 Å². The predicted molar refractivity (Wildman–Crippen MR) is 135 cm³/mol. The van der Waals surface area contributed by atoms with Gasteiger partial charge in [-0.25, -0.2) is 4.39 Å². The molecule has 3 aliphatic heterocycles. The van der Waals surface area contributed by atoms with Crippen LogP contribution in [0.5, 0.6) is 11.5 Å². The zero-order chi connectivity index (χ0) is 24.6. The molecule has 0 radical (unpaired) electrons. The highest BCUT2D eigenvalue weighted by molar-refractivity contribution is 5.87. The maximum Gasteiger partial charge on any atom is 0.310 e. The number of aliphatic carboxylic acids is 1. The summed E-state index contributed by atoms with van der Waals surface area (Å²) in [6.07, 6.45) is 0.702. The average Bonchev–Trinajstić information content (AvgIpc) is 3.18. The molecule has 0 aliphatic carbocycles. The Bertz CT molecular complexity index is 1100. The molecule has 194 valence electrons. The minimum absolute atomic E-state index is 0. The van der Waals surface area contributed by atoms with Crippen molar-refractivity contribution in [1.82, 2.24) is 9.80 Å². The highest BCUT2D eigenvalue weighted by atomic mass is 35.5. The van der Waals surface area contributed by atoms with Crippen LogP contribution < -0.4 is 9.47 Å². The number of benzene rings is 2. The Kier molecular flexibility index (Phi) is 7.61. The Morgan fingerprint density at radius 2 is 1.75 bits per heavy atom. The molecule has 3 heterocycles. The molecular weight excluding hydrogens is 489 g/mol. The predicted octanol–water partition coefficient (Wildman–Crippen LogP) is 4.02. The van der Waals surface area contributed by atoms with Crippen LogP contribution in [0.25, 0.3) is 11.1 Å². The summed E-state index contributed by atoms with van der Waals surface area (Å²) in [6, 6.07) is 10.4. The van der Waals surface area contributed by atoms with Crippen LogP contribution >= 0.6 is 12.4 Å². The van der Waals surface area contributed by atoms with Gasteiger partial charge in [0.1, 0.15) is 23.2 Å². The van der Waals surface area contributed by atoms with E-state index in [1.165, 1.54) is 12.1 Å². The smallest absolute Gasteiger partial charge is 0.310 e. The van der Waals surface area contributed by atoms with Gasteiger partial charge in [-0.15, -0.1) is 12.4 Å². The number of hydrogen-bond donors (Lipinski definition) is 1. The van der Waals surface area contributed by atoms with Gasteiger partial charge in [0.15, 0.2) is 5.60 Å². The molecule has 0 bridgehead atoms. The fourth-order valence-electron chi connectivity index (χ4n) is 5.00. The molecule has 5 rings (SSSR count). The molecule has 0 atom stereocenters. The molecule has 2 aromatic rings. The first-order valence-corrected chi connectivity index (χ1v) is 12.0. The second kappa shape index (κ2) is 10.5. The first-order chi connectivity index (χ1) is 16.9. The number of oxime groups is 1. The second-order valence-electron chi connectivity index (χ2n) is 9.38. The van der Waals surface area contributed by atoms with E-state index >= 15 is 0 Å². The molecule has 36 heavy (non-hydrogen) atoms. The van der Waals surface area contributed by atoms with Crippen molar-refractivity contribution in [2.45, 2.75) is 32.4 Å². The maximum atomic E-state index is 13.5. The van der Waals surface area contributed by atoms with E-state index in [4.69, 9.17) is 19.4 Å². The fourth-order valence-corrected chi connectivity index (χ4v) is 5.00. The third-order valence-corrected chi connectivity index (χ3v) is 6.71. The van der Waals surface area contributed by atoms with Gasteiger partial charge in [0.05, 0.1) is 31.1 Å². The fraction of sp³-hybridized carbons (Fsp3) is 0.462. The summed E-state index contributed by atoms with van der Waals surface area (Å²) >= 11 is 0. The topological polar surface area (TPSA) is 83.8 Å². The number of carbonyl (C=O) groups is 1. The highest BCUT2D eigenvalue weighted by Gasteiger charge is 2.52. The van der Waals surface area contributed by atoms with Crippen LogP contribution in [-0.2, 0) is 16.2 Å². The molecule has 2 saturated heterocycles. The van der Waals surface area contributed by atoms with Gasteiger partial charge in [0.25, 0.3) is 0 Å². The van der Waals surface area contributed by atoms with Crippen LogP contribution in [0, 0.1) is 11.7 Å². The van der Waals surface area contributed by atoms with Crippen molar-refractivity contribution in [3.8, 4) is 22.6 Å². The SMILES string of the molecule is CCOc1cc(CN2CC3(CC(N4CC(C(=O)O)C4)=NO3)C2)cc(OCC)c1-c1ccc(F)cc1.Cl. The van der Waals surface area contributed by atoms with Crippen molar-refractivity contribution in [1.29, 1.82) is 0 Å². The number of likely N-dealkylation sites (tertiary alicyclic amines) is 2. The summed E-state index contributed by atoms with van der Waals surface area (Å²) in [5, 5.41) is 13.3. The number of amidine groups is 1. The number of rotatable bonds is 8. The molecule has 0 saturated carbocycles. The molecule has 8 nitrogen and oxygen atoms in total. The Labute approximate surface area is 216 Å². The van der Waals surface area contributed by atoms with Gasteiger partial charge in [-0.1, -0.05) is 17.3 Å². The van der Waals surface area contributed by atoms with Crippen LogP contribution in [0.15, 0.2) is 41.6 Å². The van der Waals surface area contributed by atoms with Crippen LogP contribution in [0.3, 0.4) is 0 Å². The Balaban J connectivity index is 0.00000304. The lowest BCUT2D eigenvalue weighted by molar-refractivity contribution is -0.145. The van der Waals surface area contributed by atoms with Gasteiger partial charge in [-0.2, -0.15) is 0 Å². The zero-order valence-corrected chi connectivity index (χ0v) is 21.2. The third kappa shape index (κ3) is 5.08. The Morgan fingerprint density at radius 1 is 1.14 bits per heavy atom. The first-order valence-electron chi connectivity index (χ1n) is 12.0. The number of ether oxygens (including phenoxy) is 2. The molecule has 2 fully saturated rings. The number of nitrogens with zero attached hydrogens (tertiary/aromatic N) is 3. The second-order valence-corrected chi connectivity index (χ2v) is 9.38. The largest absolute Gasteiger partial charge is 0.493 e. The van der Waals surface area contributed by atoms with Crippen molar-refractivity contribution in [2.75, 3.05) is 39.4 Å². The lowest BCUT2D eigenvalue weighted by Gasteiger charge is -2.46. The lowest BCUT2D eigenvalue weighted by Crippen LogP contribution is -2.62. The minimum Gasteiger partial charge on any atom is -0.493 e. The quantitative estimate of drug-likeness (QED) is 0.564. The molecule has 0 unspecified atom stereocenters. The number of carboxylic acid groups (broad SMARTS) is 1. The van der Waals surface area contributed by atoms with Crippen LogP contribution in [0.2, 0.25) is 0 Å². The molecule has 10 heteroatoms. The molecule has 0 amide bonds. The Morgan fingerprint density at radius 3 is 2.31 bits per heavy atom. The van der Waals surface area contributed by atoms with Gasteiger partial charge in [0.2, 0.25) is 0 Å². The molecule has 1 spiro atoms. The van der Waals surface area contributed by atoms with Crippen LogP contribution in [0.4, 0.5) is 4.39 Å². The van der Waals surface area contributed by atoms with Gasteiger partial charge in [-0.05, 0) is 49.2 Å². The molecule has 1 N–H and O–H groups in total. The van der Waals surface area contributed by atoms with E-state index in [2.05, 4.69) is 10.1 Å². The normalized spacial score (nSPS) is 18.5. The molecule has 0 aromatic heterocycles. The molecule has 3 aliphatic rings. The van der Waals surface area contributed by atoms with E-state index in [0.29, 0.717) is 50.8 Å². The summed E-state index contributed by atoms with van der Waals surface area (Å²) < 4.78 is 25.5. The standard InChI is InChI=1S/C26H30FN3O5.ClH/c1-3-33-21-9-17(10-22(34-4-2)24(21)18-5-7-20(27)8-6-18)12-29-15-26(16-29)11-23(28-35-26)30-13-19(14-30)25(31)32;/h5-10,19H,3-4,11-16H2,1-2H3,(H,31,32);1H. The van der Waals surface area contributed by atoms with E-state index in [1.807, 2.05) is 30.9 Å².